The first-order valence-corrected chi connectivity index (χ1v) is 8.26. The van der Waals surface area contributed by atoms with Crippen LogP contribution in [0.5, 0.6) is 0 Å². The molecule has 0 aliphatic carbocycles. The summed E-state index contributed by atoms with van der Waals surface area (Å²) in [6.45, 7) is 0.933. The monoisotopic (exact) mass is 365 g/mol. The molecule has 5 heterocycles. The summed E-state index contributed by atoms with van der Waals surface area (Å²) >= 11 is 0. The van der Waals surface area contributed by atoms with Crippen LogP contribution >= 0.6 is 0 Å². The number of nitrogens with two attached hydrogens (primary N) is 1. The van der Waals surface area contributed by atoms with Gasteiger partial charge in [0.1, 0.15) is 5.52 Å². The minimum absolute atomic E-state index is 0.140. The fraction of sp³-hybridized carbons (Fsp3) is 0.188. The number of hydrogen-bond donors (Lipinski definition) is 1. The molecule has 11 heteroatoms. The summed E-state index contributed by atoms with van der Waals surface area (Å²) in [4.78, 5) is 21.7. The first kappa shape index (κ1) is 15.4. The predicted octanol–water partition coefficient (Wildman–Crippen LogP) is 0.517. The topological polar surface area (TPSA) is 127 Å². The molecule has 0 atom stereocenters. The third-order valence-electron chi connectivity index (χ3n) is 4.43. The van der Waals surface area contributed by atoms with Crippen molar-refractivity contribution in [3.63, 3.8) is 0 Å². The van der Waals surface area contributed by atoms with E-state index in [0.29, 0.717) is 41.5 Å². The number of rotatable bonds is 4. The summed E-state index contributed by atoms with van der Waals surface area (Å²) < 4.78 is 11.6. The molecule has 0 bridgehead atoms. The number of nitrogen functional groups attached to an aromatic ring is 1. The molecule has 0 amide bonds. The Labute approximate surface area is 151 Å². The second kappa shape index (κ2) is 5.56. The molecule has 2 N–H and O–H groups in total. The quantitative estimate of drug-likeness (QED) is 0.492. The molecular weight excluding hydrogens is 350 g/mol. The smallest absolute Gasteiger partial charge is 0.330 e. The van der Waals surface area contributed by atoms with Crippen molar-refractivity contribution in [1.29, 1.82) is 0 Å². The molecule has 0 aliphatic rings. The summed E-state index contributed by atoms with van der Waals surface area (Å²) in [5.41, 5.74) is 7.33. The fourth-order valence-electron chi connectivity index (χ4n) is 3.14. The Morgan fingerprint density at radius 1 is 1.19 bits per heavy atom. The largest absolute Gasteiger partial charge is 0.461 e. The standard InChI is InChI=1S/C16H15N9O2/c1-22-11-13(24(16(22)26)8-7-23-6-3-5-18-23)20-15(17)25-14(11)19-12(21-25)10-4-2-9-27-10/h2-6,9H,7-8H2,1H3,(H2,17,20). The lowest BCUT2D eigenvalue weighted by molar-refractivity contribution is 0.525. The zero-order chi connectivity index (χ0) is 18.5. The van der Waals surface area contributed by atoms with Crippen LogP contribution in [0.1, 0.15) is 0 Å². The summed E-state index contributed by atoms with van der Waals surface area (Å²) in [7, 11) is 1.67. The number of hydrogen-bond acceptors (Lipinski definition) is 7. The van der Waals surface area contributed by atoms with Crippen molar-refractivity contribution in [2.45, 2.75) is 13.1 Å². The van der Waals surface area contributed by atoms with Gasteiger partial charge < -0.3 is 10.2 Å². The highest BCUT2D eigenvalue weighted by atomic mass is 16.3. The summed E-state index contributed by atoms with van der Waals surface area (Å²) in [6.07, 6.45) is 5.07. The van der Waals surface area contributed by atoms with Gasteiger partial charge in [-0.05, 0) is 18.2 Å². The van der Waals surface area contributed by atoms with E-state index in [-0.39, 0.29) is 11.6 Å². The number of imidazole rings is 1. The molecular formula is C16H15N9O2. The molecule has 11 nitrogen and oxygen atoms in total. The minimum atomic E-state index is -0.209. The number of aromatic nitrogens is 8. The number of anilines is 1. The van der Waals surface area contributed by atoms with Gasteiger partial charge in [-0.2, -0.15) is 14.6 Å². The molecule has 0 aromatic carbocycles. The zero-order valence-electron chi connectivity index (χ0n) is 14.3. The van der Waals surface area contributed by atoms with Gasteiger partial charge in [0.05, 0.1) is 12.8 Å². The summed E-state index contributed by atoms with van der Waals surface area (Å²) in [6, 6.07) is 5.33. The summed E-state index contributed by atoms with van der Waals surface area (Å²) in [5, 5.41) is 8.52. The molecule has 0 saturated heterocycles. The molecule has 0 unspecified atom stereocenters. The van der Waals surface area contributed by atoms with Crippen molar-refractivity contribution < 1.29 is 4.42 Å². The third kappa shape index (κ3) is 2.25. The Hall–Kier alpha value is -3.89. The van der Waals surface area contributed by atoms with E-state index in [9.17, 15) is 4.79 Å². The Morgan fingerprint density at radius 2 is 2.07 bits per heavy atom. The van der Waals surface area contributed by atoms with Gasteiger partial charge in [-0.25, -0.2) is 9.78 Å². The Kier molecular flexibility index (Phi) is 3.16. The van der Waals surface area contributed by atoms with Gasteiger partial charge in [0, 0.05) is 26.0 Å². The molecule has 0 fully saturated rings. The van der Waals surface area contributed by atoms with E-state index in [1.165, 1.54) is 9.08 Å². The van der Waals surface area contributed by atoms with Crippen molar-refractivity contribution in [2.24, 2.45) is 7.05 Å². The van der Waals surface area contributed by atoms with Crippen LogP contribution in [0.4, 0.5) is 5.95 Å². The second-order valence-electron chi connectivity index (χ2n) is 6.05. The van der Waals surface area contributed by atoms with Gasteiger partial charge in [-0.15, -0.1) is 5.10 Å². The molecule has 0 radical (unpaired) electrons. The fourth-order valence-corrected chi connectivity index (χ4v) is 3.14. The zero-order valence-corrected chi connectivity index (χ0v) is 14.3. The molecule has 5 rings (SSSR count). The van der Waals surface area contributed by atoms with Crippen molar-refractivity contribution >= 4 is 22.8 Å². The molecule has 27 heavy (non-hydrogen) atoms. The lowest BCUT2D eigenvalue weighted by atomic mass is 10.4. The second-order valence-corrected chi connectivity index (χ2v) is 6.05. The third-order valence-corrected chi connectivity index (χ3v) is 4.43. The van der Waals surface area contributed by atoms with E-state index in [1.807, 2.05) is 12.3 Å². The first-order valence-electron chi connectivity index (χ1n) is 8.26. The van der Waals surface area contributed by atoms with Crippen LogP contribution in [-0.2, 0) is 20.1 Å². The van der Waals surface area contributed by atoms with Crippen LogP contribution < -0.4 is 11.4 Å². The van der Waals surface area contributed by atoms with Crippen LogP contribution in [0.2, 0.25) is 0 Å². The van der Waals surface area contributed by atoms with Crippen LogP contribution in [0.15, 0.2) is 46.1 Å². The lowest BCUT2D eigenvalue weighted by Gasteiger charge is -2.04. The van der Waals surface area contributed by atoms with Gasteiger partial charge in [0.15, 0.2) is 17.1 Å². The average molecular weight is 365 g/mol. The van der Waals surface area contributed by atoms with Crippen molar-refractivity contribution in [3.8, 4) is 11.6 Å². The van der Waals surface area contributed by atoms with E-state index in [2.05, 4.69) is 20.2 Å². The Balaban J connectivity index is 1.71. The minimum Gasteiger partial charge on any atom is -0.461 e. The molecule has 0 aliphatic heterocycles. The Bertz CT molecular complexity index is 1310. The van der Waals surface area contributed by atoms with Crippen LogP contribution in [0, 0.1) is 0 Å². The van der Waals surface area contributed by atoms with E-state index in [4.69, 9.17) is 10.2 Å². The highest BCUT2D eigenvalue weighted by molar-refractivity contribution is 5.88. The highest BCUT2D eigenvalue weighted by Gasteiger charge is 2.21. The first-order chi connectivity index (χ1) is 13.1. The van der Waals surface area contributed by atoms with Crippen LogP contribution in [-0.4, -0.2) is 38.5 Å². The Morgan fingerprint density at radius 3 is 2.81 bits per heavy atom. The molecule has 5 aromatic rings. The van der Waals surface area contributed by atoms with Crippen LogP contribution in [0.25, 0.3) is 28.4 Å². The van der Waals surface area contributed by atoms with Crippen molar-refractivity contribution in [3.05, 3.63) is 47.3 Å². The maximum Gasteiger partial charge on any atom is 0.330 e. The maximum absolute atomic E-state index is 12.8. The van der Waals surface area contributed by atoms with Gasteiger partial charge in [-0.3, -0.25) is 13.8 Å². The maximum atomic E-state index is 12.8. The van der Waals surface area contributed by atoms with Crippen molar-refractivity contribution in [1.82, 2.24) is 38.5 Å². The van der Waals surface area contributed by atoms with Crippen molar-refractivity contribution in [2.75, 3.05) is 5.73 Å². The molecule has 0 saturated carbocycles. The highest BCUT2D eigenvalue weighted by Crippen LogP contribution is 2.22. The van der Waals surface area contributed by atoms with Gasteiger partial charge in [0.2, 0.25) is 11.8 Å². The van der Waals surface area contributed by atoms with Gasteiger partial charge >= 0.3 is 5.69 Å². The number of furan rings is 1. The van der Waals surface area contributed by atoms with Gasteiger partial charge in [-0.1, -0.05) is 0 Å². The predicted molar refractivity (Wildman–Crippen MR) is 95.9 cm³/mol. The van der Waals surface area contributed by atoms with Crippen LogP contribution in [0.3, 0.4) is 0 Å². The van der Waals surface area contributed by atoms with E-state index in [0.717, 1.165) is 0 Å². The lowest BCUT2D eigenvalue weighted by Crippen LogP contribution is -2.24. The number of fused-ring (bicyclic) bond motifs is 3. The number of nitrogens with zero attached hydrogens (tertiary/aromatic N) is 8. The van der Waals surface area contributed by atoms with E-state index in [1.54, 1.807) is 40.9 Å². The normalized spacial score (nSPS) is 11.7. The SMILES string of the molecule is Cn1c(=O)n(CCn2cccn2)c2nc(N)n3nc(-c4ccco4)nc3c21. The molecule has 5 aromatic heterocycles. The van der Waals surface area contributed by atoms with E-state index < -0.39 is 0 Å². The summed E-state index contributed by atoms with van der Waals surface area (Å²) in [5.74, 6) is 1.02. The molecule has 136 valence electrons. The average Bonchev–Trinajstić information content (AvgIpc) is 3.42. The molecule has 0 spiro atoms. The van der Waals surface area contributed by atoms with Gasteiger partial charge in [0.25, 0.3) is 0 Å². The van der Waals surface area contributed by atoms with E-state index >= 15 is 0 Å². The number of aryl methyl sites for hydroxylation is 3.